The second-order valence-electron chi connectivity index (χ2n) is 5.41. The van der Waals surface area contributed by atoms with Crippen LogP contribution in [0.3, 0.4) is 0 Å². The van der Waals surface area contributed by atoms with Gasteiger partial charge in [0.1, 0.15) is 0 Å². The Morgan fingerprint density at radius 1 is 1.44 bits per heavy atom. The van der Waals surface area contributed by atoms with Gasteiger partial charge in [-0.05, 0) is 25.8 Å². The smallest absolute Gasteiger partial charge is 0.0593 e. The minimum Gasteiger partial charge on any atom is -0.396 e. The maximum Gasteiger partial charge on any atom is 0.0593 e. The average Bonchev–Trinajstić information content (AvgIpc) is 3.02. The fourth-order valence-electron chi connectivity index (χ4n) is 2.03. The summed E-state index contributed by atoms with van der Waals surface area (Å²) < 4.78 is 10.8. The molecule has 0 aromatic heterocycles. The monoisotopic (exact) mass is 229 g/mol. The molecule has 0 radical (unpaired) electrons. The molecule has 1 saturated carbocycles. The van der Waals surface area contributed by atoms with Gasteiger partial charge in [0, 0.05) is 19.7 Å². The largest absolute Gasteiger partial charge is 0.396 e. The van der Waals surface area contributed by atoms with Crippen LogP contribution in [-0.4, -0.2) is 63.2 Å². The van der Waals surface area contributed by atoms with Gasteiger partial charge in [0.2, 0.25) is 0 Å². The van der Waals surface area contributed by atoms with Crippen LogP contribution in [0.1, 0.15) is 12.8 Å². The average molecular weight is 229 g/mol. The van der Waals surface area contributed by atoms with Crippen molar-refractivity contribution >= 4 is 0 Å². The number of hydrogen-bond donors (Lipinski definition) is 1. The zero-order valence-corrected chi connectivity index (χ0v) is 10.2. The molecular weight excluding hydrogens is 206 g/mol. The van der Waals surface area contributed by atoms with Gasteiger partial charge in [-0.1, -0.05) is 0 Å². The molecule has 4 nitrogen and oxygen atoms in total. The SMILES string of the molecule is CN(CCOCC1CC1)CC1(CO)COC1. The molecule has 0 bridgehead atoms. The van der Waals surface area contributed by atoms with Gasteiger partial charge in [-0.15, -0.1) is 0 Å². The maximum absolute atomic E-state index is 9.30. The number of aliphatic hydroxyl groups is 1. The molecule has 0 aromatic carbocycles. The maximum atomic E-state index is 9.30. The molecule has 2 rings (SSSR count). The second-order valence-corrected chi connectivity index (χ2v) is 5.41. The van der Waals surface area contributed by atoms with Crippen LogP contribution in [0.2, 0.25) is 0 Å². The van der Waals surface area contributed by atoms with E-state index in [9.17, 15) is 5.11 Å². The highest BCUT2D eigenvalue weighted by Gasteiger charge is 2.38. The van der Waals surface area contributed by atoms with Crippen LogP contribution in [0.15, 0.2) is 0 Å². The molecule has 1 saturated heterocycles. The fraction of sp³-hybridized carbons (Fsp3) is 1.00. The van der Waals surface area contributed by atoms with Crippen LogP contribution in [0.4, 0.5) is 0 Å². The molecule has 0 unspecified atom stereocenters. The van der Waals surface area contributed by atoms with Gasteiger partial charge in [0.15, 0.2) is 0 Å². The highest BCUT2D eigenvalue weighted by atomic mass is 16.5. The molecule has 16 heavy (non-hydrogen) atoms. The summed E-state index contributed by atoms with van der Waals surface area (Å²) in [4.78, 5) is 2.23. The molecule has 0 atom stereocenters. The lowest BCUT2D eigenvalue weighted by molar-refractivity contribution is -0.147. The van der Waals surface area contributed by atoms with Gasteiger partial charge in [0.25, 0.3) is 0 Å². The van der Waals surface area contributed by atoms with E-state index in [0.717, 1.165) is 32.2 Å². The van der Waals surface area contributed by atoms with Crippen molar-refractivity contribution in [2.75, 3.05) is 53.2 Å². The Bertz CT molecular complexity index is 209. The number of hydrogen-bond acceptors (Lipinski definition) is 4. The molecule has 0 aromatic rings. The number of likely N-dealkylation sites (N-methyl/N-ethyl adjacent to an activating group) is 1. The van der Waals surface area contributed by atoms with Crippen molar-refractivity contribution in [1.82, 2.24) is 4.90 Å². The first-order valence-corrected chi connectivity index (χ1v) is 6.19. The first-order chi connectivity index (χ1) is 7.74. The molecule has 0 spiro atoms. The molecule has 1 aliphatic heterocycles. The summed E-state index contributed by atoms with van der Waals surface area (Å²) in [5, 5.41) is 9.30. The Hall–Kier alpha value is -0.160. The van der Waals surface area contributed by atoms with Crippen molar-refractivity contribution in [2.24, 2.45) is 11.3 Å². The minimum absolute atomic E-state index is 0.00869. The van der Waals surface area contributed by atoms with E-state index >= 15 is 0 Å². The molecule has 94 valence electrons. The third-order valence-corrected chi connectivity index (χ3v) is 3.43. The van der Waals surface area contributed by atoms with E-state index in [1.54, 1.807) is 0 Å². The van der Waals surface area contributed by atoms with E-state index in [2.05, 4.69) is 11.9 Å². The van der Waals surface area contributed by atoms with Crippen LogP contribution in [0.5, 0.6) is 0 Å². The lowest BCUT2D eigenvalue weighted by Gasteiger charge is -2.42. The summed E-state index contributed by atoms with van der Waals surface area (Å²) in [6.45, 7) is 5.18. The Labute approximate surface area is 97.5 Å². The van der Waals surface area contributed by atoms with Crippen LogP contribution >= 0.6 is 0 Å². The van der Waals surface area contributed by atoms with E-state index in [4.69, 9.17) is 9.47 Å². The predicted octanol–water partition coefficient (Wildman–Crippen LogP) is 0.354. The summed E-state index contributed by atoms with van der Waals surface area (Å²) in [7, 11) is 2.08. The third kappa shape index (κ3) is 3.42. The fourth-order valence-corrected chi connectivity index (χ4v) is 2.03. The Balaban J connectivity index is 1.54. The summed E-state index contributed by atoms with van der Waals surface area (Å²) in [6.07, 6.45) is 2.70. The zero-order chi connectivity index (χ0) is 11.4. The van der Waals surface area contributed by atoms with Gasteiger partial charge in [0.05, 0.1) is 31.8 Å². The zero-order valence-electron chi connectivity index (χ0n) is 10.2. The van der Waals surface area contributed by atoms with Gasteiger partial charge < -0.3 is 19.5 Å². The van der Waals surface area contributed by atoms with E-state index in [-0.39, 0.29) is 12.0 Å². The quantitative estimate of drug-likeness (QED) is 0.610. The molecule has 1 heterocycles. The van der Waals surface area contributed by atoms with Crippen LogP contribution < -0.4 is 0 Å². The number of ether oxygens (including phenoxy) is 2. The summed E-state index contributed by atoms with van der Waals surface area (Å²) in [5.74, 6) is 0.842. The standard InChI is InChI=1S/C12H23NO3/c1-13(4-5-15-6-11-2-3-11)7-12(8-14)9-16-10-12/h11,14H,2-10H2,1H3. The molecule has 2 aliphatic rings. The van der Waals surface area contributed by atoms with Crippen molar-refractivity contribution in [3.05, 3.63) is 0 Å². The van der Waals surface area contributed by atoms with E-state index in [1.807, 2.05) is 0 Å². The highest BCUT2D eigenvalue weighted by molar-refractivity contribution is 4.87. The lowest BCUT2D eigenvalue weighted by Crippen LogP contribution is -2.52. The van der Waals surface area contributed by atoms with Crippen molar-refractivity contribution in [2.45, 2.75) is 12.8 Å². The highest BCUT2D eigenvalue weighted by Crippen LogP contribution is 2.29. The predicted molar refractivity (Wildman–Crippen MR) is 61.4 cm³/mol. The minimum atomic E-state index is -0.00869. The first-order valence-electron chi connectivity index (χ1n) is 6.19. The summed E-state index contributed by atoms with van der Waals surface area (Å²) >= 11 is 0. The lowest BCUT2D eigenvalue weighted by atomic mass is 9.86. The van der Waals surface area contributed by atoms with Gasteiger partial charge in [-0.3, -0.25) is 0 Å². The van der Waals surface area contributed by atoms with Crippen LogP contribution in [0.25, 0.3) is 0 Å². The van der Waals surface area contributed by atoms with E-state index in [1.165, 1.54) is 12.8 Å². The molecular formula is C12H23NO3. The third-order valence-electron chi connectivity index (χ3n) is 3.43. The number of aliphatic hydroxyl groups excluding tert-OH is 1. The second kappa shape index (κ2) is 5.45. The van der Waals surface area contributed by atoms with Crippen molar-refractivity contribution in [3.8, 4) is 0 Å². The van der Waals surface area contributed by atoms with E-state index in [0.29, 0.717) is 13.2 Å². The van der Waals surface area contributed by atoms with Crippen LogP contribution in [-0.2, 0) is 9.47 Å². The molecule has 1 N–H and O–H groups in total. The van der Waals surface area contributed by atoms with E-state index < -0.39 is 0 Å². The van der Waals surface area contributed by atoms with Crippen molar-refractivity contribution in [3.63, 3.8) is 0 Å². The van der Waals surface area contributed by atoms with Gasteiger partial charge in [-0.25, -0.2) is 0 Å². The molecule has 4 heteroatoms. The normalized spacial score (nSPS) is 23.4. The molecule has 1 aliphatic carbocycles. The summed E-state index contributed by atoms with van der Waals surface area (Å²) in [6, 6.07) is 0. The summed E-state index contributed by atoms with van der Waals surface area (Å²) in [5.41, 5.74) is -0.00869. The van der Waals surface area contributed by atoms with Gasteiger partial charge in [-0.2, -0.15) is 0 Å². The number of nitrogens with zero attached hydrogens (tertiary/aromatic N) is 1. The number of rotatable bonds is 8. The molecule has 0 amide bonds. The Kier molecular flexibility index (Phi) is 4.19. The molecule has 2 fully saturated rings. The van der Waals surface area contributed by atoms with Gasteiger partial charge >= 0.3 is 0 Å². The van der Waals surface area contributed by atoms with Crippen molar-refractivity contribution < 1.29 is 14.6 Å². The first kappa shape index (κ1) is 12.3. The Morgan fingerprint density at radius 2 is 2.19 bits per heavy atom. The topological polar surface area (TPSA) is 41.9 Å². The Morgan fingerprint density at radius 3 is 2.69 bits per heavy atom. The van der Waals surface area contributed by atoms with Crippen LogP contribution in [0, 0.1) is 11.3 Å². The van der Waals surface area contributed by atoms with Crippen molar-refractivity contribution in [1.29, 1.82) is 0 Å².